The topological polar surface area (TPSA) is 115 Å². The molecule has 6 nitrogen and oxygen atoms in total. The first-order valence-corrected chi connectivity index (χ1v) is 3.24. The van der Waals surface area contributed by atoms with Crippen LogP contribution in [0.25, 0.3) is 0 Å². The van der Waals surface area contributed by atoms with Crippen molar-refractivity contribution >= 4 is 11.9 Å². The number of aliphatic hydroxyl groups is 2. The second-order valence-corrected chi connectivity index (χ2v) is 2.34. The SMILES string of the molecule is O=C(O)CC(O)CC(O)C(=O)O. The molecule has 2 atom stereocenters. The number of rotatable bonds is 5. The summed E-state index contributed by atoms with van der Waals surface area (Å²) in [5.74, 6) is -2.71. The predicted octanol–water partition coefficient (Wildman–Crippen LogP) is -1.34. The number of aliphatic carboxylic acids is 2. The fourth-order valence-corrected chi connectivity index (χ4v) is 0.643. The monoisotopic (exact) mass is 178 g/mol. The molecule has 4 N–H and O–H groups in total. The van der Waals surface area contributed by atoms with E-state index in [1.54, 1.807) is 0 Å². The van der Waals surface area contributed by atoms with E-state index in [0.717, 1.165) is 0 Å². The van der Waals surface area contributed by atoms with E-state index in [2.05, 4.69) is 0 Å². The molecule has 0 aliphatic heterocycles. The number of hydrogen-bond acceptors (Lipinski definition) is 4. The van der Waals surface area contributed by atoms with Gasteiger partial charge in [0.25, 0.3) is 0 Å². The van der Waals surface area contributed by atoms with Gasteiger partial charge < -0.3 is 20.4 Å². The summed E-state index contributed by atoms with van der Waals surface area (Å²) in [6.07, 6.45) is -4.07. The van der Waals surface area contributed by atoms with E-state index in [1.165, 1.54) is 0 Å². The van der Waals surface area contributed by atoms with Crippen molar-refractivity contribution in [1.29, 1.82) is 0 Å². The third-order valence-corrected chi connectivity index (χ3v) is 1.19. The summed E-state index contributed by atoms with van der Waals surface area (Å²) in [6, 6.07) is 0. The molecule has 2 unspecified atom stereocenters. The number of hydrogen-bond donors (Lipinski definition) is 4. The number of carboxylic acid groups (broad SMARTS) is 2. The van der Waals surface area contributed by atoms with Gasteiger partial charge in [-0.25, -0.2) is 4.79 Å². The summed E-state index contributed by atoms with van der Waals surface area (Å²) >= 11 is 0. The van der Waals surface area contributed by atoms with Gasteiger partial charge in [0.1, 0.15) is 0 Å². The van der Waals surface area contributed by atoms with Gasteiger partial charge in [-0.1, -0.05) is 0 Å². The van der Waals surface area contributed by atoms with Gasteiger partial charge in [0.05, 0.1) is 12.5 Å². The minimum Gasteiger partial charge on any atom is -0.481 e. The van der Waals surface area contributed by atoms with E-state index < -0.39 is 37.0 Å². The molecule has 0 saturated heterocycles. The van der Waals surface area contributed by atoms with Crippen molar-refractivity contribution in [3.8, 4) is 0 Å². The Bertz CT molecular complexity index is 177. The molecule has 0 aromatic rings. The molecule has 0 amide bonds. The standard InChI is InChI=1S/C6H10O6/c7-3(2-5(9)10)1-4(8)6(11)12/h3-4,7-8H,1-2H2,(H,9,10)(H,11,12). The first-order chi connectivity index (χ1) is 5.43. The van der Waals surface area contributed by atoms with Crippen molar-refractivity contribution in [2.24, 2.45) is 0 Å². The van der Waals surface area contributed by atoms with Gasteiger partial charge >= 0.3 is 11.9 Å². The molecule has 70 valence electrons. The molecule has 0 bridgehead atoms. The highest BCUT2D eigenvalue weighted by molar-refractivity contribution is 5.72. The van der Waals surface area contributed by atoms with Gasteiger partial charge in [-0.2, -0.15) is 0 Å². The Kier molecular flexibility index (Phi) is 4.24. The quantitative estimate of drug-likeness (QED) is 0.414. The molecule has 0 aliphatic rings. The van der Waals surface area contributed by atoms with Crippen LogP contribution in [0.2, 0.25) is 0 Å². The van der Waals surface area contributed by atoms with Crippen LogP contribution in [-0.2, 0) is 9.59 Å². The second-order valence-electron chi connectivity index (χ2n) is 2.34. The van der Waals surface area contributed by atoms with Crippen LogP contribution < -0.4 is 0 Å². The lowest BCUT2D eigenvalue weighted by atomic mass is 10.1. The first kappa shape index (κ1) is 10.9. The molecule has 0 spiro atoms. The van der Waals surface area contributed by atoms with Crippen molar-refractivity contribution in [2.45, 2.75) is 25.0 Å². The maximum Gasteiger partial charge on any atom is 0.332 e. The molecule has 0 fully saturated rings. The lowest BCUT2D eigenvalue weighted by Crippen LogP contribution is -2.26. The van der Waals surface area contributed by atoms with Crippen LogP contribution in [0, 0.1) is 0 Å². The average molecular weight is 178 g/mol. The highest BCUT2D eigenvalue weighted by atomic mass is 16.4. The van der Waals surface area contributed by atoms with Gasteiger partial charge in [-0.05, 0) is 0 Å². The Balaban J connectivity index is 3.76. The zero-order valence-corrected chi connectivity index (χ0v) is 6.17. The normalized spacial score (nSPS) is 15.2. The summed E-state index contributed by atoms with van der Waals surface area (Å²) in [7, 11) is 0. The summed E-state index contributed by atoms with van der Waals surface area (Å²) in [5, 5.41) is 33.8. The van der Waals surface area contributed by atoms with Crippen molar-refractivity contribution in [2.75, 3.05) is 0 Å². The molecule has 6 heteroatoms. The first-order valence-electron chi connectivity index (χ1n) is 3.24. The lowest BCUT2D eigenvalue weighted by molar-refractivity contribution is -0.150. The van der Waals surface area contributed by atoms with Crippen molar-refractivity contribution in [3.05, 3.63) is 0 Å². The summed E-state index contributed by atoms with van der Waals surface area (Å²) in [4.78, 5) is 20.0. The van der Waals surface area contributed by atoms with Crippen molar-refractivity contribution in [1.82, 2.24) is 0 Å². The molecule has 0 saturated carbocycles. The fourth-order valence-electron chi connectivity index (χ4n) is 0.643. The Hall–Kier alpha value is -1.14. The Labute approximate surface area is 68.1 Å². The van der Waals surface area contributed by atoms with E-state index in [-0.39, 0.29) is 0 Å². The average Bonchev–Trinajstić information content (AvgIpc) is 1.84. The Morgan fingerprint density at radius 3 is 2.00 bits per heavy atom. The molecule has 0 aliphatic carbocycles. The van der Waals surface area contributed by atoms with Crippen LogP contribution in [0.1, 0.15) is 12.8 Å². The molecule has 0 radical (unpaired) electrons. The number of aliphatic hydroxyl groups excluding tert-OH is 2. The van der Waals surface area contributed by atoms with Gasteiger partial charge in [-0.3, -0.25) is 4.79 Å². The number of carboxylic acids is 2. The third kappa shape index (κ3) is 4.64. The molecule has 12 heavy (non-hydrogen) atoms. The van der Waals surface area contributed by atoms with E-state index in [0.29, 0.717) is 0 Å². The highest BCUT2D eigenvalue weighted by Gasteiger charge is 2.19. The van der Waals surface area contributed by atoms with Crippen LogP contribution in [0.5, 0.6) is 0 Å². The van der Waals surface area contributed by atoms with E-state index in [1.807, 2.05) is 0 Å². The minimum atomic E-state index is -1.71. The van der Waals surface area contributed by atoms with Crippen molar-refractivity contribution in [3.63, 3.8) is 0 Å². The summed E-state index contributed by atoms with van der Waals surface area (Å²) in [5.41, 5.74) is 0. The summed E-state index contributed by atoms with van der Waals surface area (Å²) < 4.78 is 0. The number of carbonyl (C=O) groups is 2. The van der Waals surface area contributed by atoms with Gasteiger partial charge in [0.15, 0.2) is 6.10 Å². The molecule has 0 rings (SSSR count). The van der Waals surface area contributed by atoms with Crippen LogP contribution in [0.15, 0.2) is 0 Å². The second kappa shape index (κ2) is 4.68. The van der Waals surface area contributed by atoms with Gasteiger partial charge in [-0.15, -0.1) is 0 Å². The van der Waals surface area contributed by atoms with Gasteiger partial charge in [0.2, 0.25) is 0 Å². The lowest BCUT2D eigenvalue weighted by Gasteiger charge is -2.09. The van der Waals surface area contributed by atoms with E-state index >= 15 is 0 Å². The summed E-state index contributed by atoms with van der Waals surface area (Å²) in [6.45, 7) is 0. The molecule has 0 heterocycles. The smallest absolute Gasteiger partial charge is 0.332 e. The van der Waals surface area contributed by atoms with E-state index in [9.17, 15) is 9.59 Å². The maximum atomic E-state index is 10.0. The van der Waals surface area contributed by atoms with Crippen molar-refractivity contribution < 1.29 is 30.0 Å². The highest BCUT2D eigenvalue weighted by Crippen LogP contribution is 2.02. The fraction of sp³-hybridized carbons (Fsp3) is 0.667. The zero-order chi connectivity index (χ0) is 9.72. The van der Waals surface area contributed by atoms with E-state index in [4.69, 9.17) is 20.4 Å². The molecule has 0 aromatic carbocycles. The van der Waals surface area contributed by atoms with Gasteiger partial charge in [0, 0.05) is 6.42 Å². The third-order valence-electron chi connectivity index (χ3n) is 1.19. The van der Waals surface area contributed by atoms with Crippen LogP contribution in [-0.4, -0.2) is 44.6 Å². The van der Waals surface area contributed by atoms with Crippen LogP contribution in [0.4, 0.5) is 0 Å². The zero-order valence-electron chi connectivity index (χ0n) is 6.17. The maximum absolute atomic E-state index is 10.0. The molecular weight excluding hydrogens is 168 g/mol. The van der Waals surface area contributed by atoms with Crippen LogP contribution in [0.3, 0.4) is 0 Å². The predicted molar refractivity (Wildman–Crippen MR) is 36.5 cm³/mol. The Morgan fingerprint density at radius 1 is 1.17 bits per heavy atom. The Morgan fingerprint density at radius 2 is 1.67 bits per heavy atom. The molecule has 0 aromatic heterocycles. The molecular formula is C6H10O6. The minimum absolute atomic E-state index is 0.471. The van der Waals surface area contributed by atoms with Crippen LogP contribution >= 0.6 is 0 Å². The largest absolute Gasteiger partial charge is 0.481 e.